The maximum Gasteiger partial charge on any atom is 0.251 e. The average molecular weight is 325 g/mol. The number of benzene rings is 2. The molecule has 0 aliphatic heterocycles. The lowest BCUT2D eigenvalue weighted by Crippen LogP contribution is -2.31. The lowest BCUT2D eigenvalue weighted by atomic mass is 10.1. The van der Waals surface area contributed by atoms with E-state index in [1.54, 1.807) is 0 Å². The van der Waals surface area contributed by atoms with Crippen molar-refractivity contribution >= 4 is 11.6 Å². The molecule has 1 amide bonds. The van der Waals surface area contributed by atoms with E-state index in [9.17, 15) is 4.79 Å². The van der Waals surface area contributed by atoms with E-state index in [4.69, 9.17) is 0 Å². The molecular weight excluding hydrogens is 298 g/mol. The third-order valence-electron chi connectivity index (χ3n) is 3.91. The number of aryl methyl sites for hydroxylation is 1. The zero-order valence-corrected chi connectivity index (χ0v) is 14.8. The first kappa shape index (κ1) is 18.0. The van der Waals surface area contributed by atoms with Crippen LogP contribution in [0.5, 0.6) is 0 Å². The smallest absolute Gasteiger partial charge is 0.251 e. The minimum atomic E-state index is -0.0207. The van der Waals surface area contributed by atoms with E-state index in [1.807, 2.05) is 49.3 Å². The number of carbonyl (C=O) groups excluding carboxylic acids is 1. The van der Waals surface area contributed by atoms with Crippen LogP contribution in [0.1, 0.15) is 28.4 Å². The minimum absolute atomic E-state index is 0.0207. The van der Waals surface area contributed by atoms with Crippen LogP contribution < -0.4 is 10.6 Å². The fourth-order valence-electron chi connectivity index (χ4n) is 2.52. The lowest BCUT2D eigenvalue weighted by molar-refractivity contribution is 0.0951. The molecule has 0 fully saturated rings. The number of carbonyl (C=O) groups is 1. The maximum atomic E-state index is 12.2. The Morgan fingerprint density at radius 2 is 1.88 bits per heavy atom. The molecule has 0 aliphatic rings. The van der Waals surface area contributed by atoms with Crippen molar-refractivity contribution < 1.29 is 4.79 Å². The molecule has 0 saturated heterocycles. The largest absolute Gasteiger partial charge is 0.381 e. The van der Waals surface area contributed by atoms with Gasteiger partial charge in [0.2, 0.25) is 0 Å². The van der Waals surface area contributed by atoms with Gasteiger partial charge in [-0.25, -0.2) is 0 Å². The molecule has 4 nitrogen and oxygen atoms in total. The van der Waals surface area contributed by atoms with Crippen molar-refractivity contribution in [1.29, 1.82) is 0 Å². The van der Waals surface area contributed by atoms with E-state index >= 15 is 0 Å². The molecule has 0 saturated carbocycles. The number of anilines is 1. The average Bonchev–Trinajstić information content (AvgIpc) is 2.60. The summed E-state index contributed by atoms with van der Waals surface area (Å²) in [6, 6.07) is 16.1. The summed E-state index contributed by atoms with van der Waals surface area (Å²) in [6.07, 6.45) is 0.998. The highest BCUT2D eigenvalue weighted by Gasteiger charge is 2.06. The van der Waals surface area contributed by atoms with Crippen LogP contribution in [0, 0.1) is 0 Å². The summed E-state index contributed by atoms with van der Waals surface area (Å²) in [6.45, 7) is 4.34. The van der Waals surface area contributed by atoms with Gasteiger partial charge in [0, 0.05) is 30.9 Å². The number of nitrogens with zero attached hydrogens (tertiary/aromatic N) is 1. The Morgan fingerprint density at radius 1 is 1.08 bits per heavy atom. The van der Waals surface area contributed by atoms with Crippen molar-refractivity contribution in [3.05, 3.63) is 65.2 Å². The van der Waals surface area contributed by atoms with E-state index in [0.29, 0.717) is 18.7 Å². The number of nitrogens with one attached hydrogen (secondary N) is 2. The first-order chi connectivity index (χ1) is 11.6. The Kier molecular flexibility index (Phi) is 6.82. The van der Waals surface area contributed by atoms with Crippen molar-refractivity contribution in [2.24, 2.45) is 0 Å². The van der Waals surface area contributed by atoms with Gasteiger partial charge in [-0.1, -0.05) is 37.3 Å². The maximum absolute atomic E-state index is 12.2. The zero-order valence-electron chi connectivity index (χ0n) is 14.8. The van der Waals surface area contributed by atoms with Crippen LogP contribution in [0.3, 0.4) is 0 Å². The first-order valence-electron chi connectivity index (χ1n) is 8.43. The SMILES string of the molecule is CCc1ccccc1NCc1cccc(C(=O)NCCN(C)C)c1. The molecule has 0 aromatic heterocycles. The van der Waals surface area contributed by atoms with Gasteiger partial charge >= 0.3 is 0 Å². The molecule has 0 aliphatic carbocycles. The third-order valence-corrected chi connectivity index (χ3v) is 3.91. The fraction of sp³-hybridized carbons (Fsp3) is 0.350. The highest BCUT2D eigenvalue weighted by molar-refractivity contribution is 5.94. The predicted molar refractivity (Wildman–Crippen MR) is 100 cm³/mol. The van der Waals surface area contributed by atoms with Crippen LogP contribution in [0.15, 0.2) is 48.5 Å². The number of para-hydroxylation sites is 1. The molecule has 4 heteroatoms. The van der Waals surface area contributed by atoms with Crippen molar-refractivity contribution in [2.75, 3.05) is 32.5 Å². The fourth-order valence-corrected chi connectivity index (χ4v) is 2.52. The number of amides is 1. The van der Waals surface area contributed by atoms with Gasteiger partial charge in [-0.05, 0) is 49.8 Å². The van der Waals surface area contributed by atoms with Gasteiger partial charge in [-0.2, -0.15) is 0 Å². The summed E-state index contributed by atoms with van der Waals surface area (Å²) in [7, 11) is 3.99. The summed E-state index contributed by atoms with van der Waals surface area (Å²) < 4.78 is 0. The molecule has 0 heterocycles. The second-order valence-electron chi connectivity index (χ2n) is 6.12. The number of hydrogen-bond acceptors (Lipinski definition) is 3. The van der Waals surface area contributed by atoms with Gasteiger partial charge < -0.3 is 15.5 Å². The van der Waals surface area contributed by atoms with Gasteiger partial charge in [-0.3, -0.25) is 4.79 Å². The van der Waals surface area contributed by atoms with E-state index in [1.165, 1.54) is 5.56 Å². The summed E-state index contributed by atoms with van der Waals surface area (Å²) in [5.74, 6) is -0.0207. The minimum Gasteiger partial charge on any atom is -0.381 e. The standard InChI is InChI=1S/C20H27N3O/c1-4-17-9-5-6-11-19(17)22-15-16-8-7-10-18(14-16)20(24)21-12-13-23(2)3/h5-11,14,22H,4,12-13,15H2,1-3H3,(H,21,24). The summed E-state index contributed by atoms with van der Waals surface area (Å²) in [4.78, 5) is 14.3. The quantitative estimate of drug-likeness (QED) is 0.783. The van der Waals surface area contributed by atoms with E-state index in [-0.39, 0.29) is 5.91 Å². The molecule has 24 heavy (non-hydrogen) atoms. The molecule has 0 atom stereocenters. The molecule has 2 aromatic rings. The van der Waals surface area contributed by atoms with Crippen LogP contribution in [0.2, 0.25) is 0 Å². The molecular formula is C20H27N3O. The monoisotopic (exact) mass is 325 g/mol. The van der Waals surface area contributed by atoms with Crippen molar-refractivity contribution in [3.8, 4) is 0 Å². The van der Waals surface area contributed by atoms with E-state index < -0.39 is 0 Å². The van der Waals surface area contributed by atoms with Crippen molar-refractivity contribution in [3.63, 3.8) is 0 Å². The Morgan fingerprint density at radius 3 is 2.62 bits per heavy atom. The molecule has 2 N–H and O–H groups in total. The van der Waals surface area contributed by atoms with Gasteiger partial charge in [0.1, 0.15) is 0 Å². The summed E-state index contributed by atoms with van der Waals surface area (Å²) in [5, 5.41) is 6.41. The Bertz CT molecular complexity index is 667. The second-order valence-corrected chi connectivity index (χ2v) is 6.12. The first-order valence-corrected chi connectivity index (χ1v) is 8.43. The highest BCUT2D eigenvalue weighted by atomic mass is 16.1. The van der Waals surface area contributed by atoms with Gasteiger partial charge in [0.05, 0.1) is 0 Å². The number of likely N-dealkylation sites (N-methyl/N-ethyl adjacent to an activating group) is 1. The molecule has 0 bridgehead atoms. The van der Waals surface area contributed by atoms with Gasteiger partial charge in [-0.15, -0.1) is 0 Å². The third kappa shape index (κ3) is 5.39. The predicted octanol–water partition coefficient (Wildman–Crippen LogP) is 3.15. The molecule has 0 radical (unpaired) electrons. The lowest BCUT2D eigenvalue weighted by Gasteiger charge is -2.12. The number of rotatable bonds is 8. The van der Waals surface area contributed by atoms with Crippen LogP contribution in [0.25, 0.3) is 0 Å². The molecule has 0 unspecified atom stereocenters. The molecule has 0 spiro atoms. The van der Waals surface area contributed by atoms with Crippen LogP contribution >= 0.6 is 0 Å². The Balaban J connectivity index is 1.96. The van der Waals surface area contributed by atoms with Crippen molar-refractivity contribution in [2.45, 2.75) is 19.9 Å². The van der Waals surface area contributed by atoms with Crippen LogP contribution in [-0.4, -0.2) is 38.0 Å². The van der Waals surface area contributed by atoms with Crippen LogP contribution in [0.4, 0.5) is 5.69 Å². The van der Waals surface area contributed by atoms with E-state index in [0.717, 1.165) is 24.2 Å². The summed E-state index contributed by atoms with van der Waals surface area (Å²) >= 11 is 0. The molecule has 2 rings (SSSR count). The van der Waals surface area contributed by atoms with E-state index in [2.05, 4.69) is 35.8 Å². The highest BCUT2D eigenvalue weighted by Crippen LogP contribution is 2.17. The topological polar surface area (TPSA) is 44.4 Å². The number of hydrogen-bond donors (Lipinski definition) is 2. The normalized spacial score (nSPS) is 10.7. The Hall–Kier alpha value is -2.33. The molecule has 2 aromatic carbocycles. The second kappa shape index (κ2) is 9.08. The summed E-state index contributed by atoms with van der Waals surface area (Å²) in [5.41, 5.74) is 4.26. The zero-order chi connectivity index (χ0) is 17.4. The van der Waals surface area contributed by atoms with Crippen LogP contribution in [-0.2, 0) is 13.0 Å². The molecule has 128 valence electrons. The van der Waals surface area contributed by atoms with Crippen molar-refractivity contribution in [1.82, 2.24) is 10.2 Å². The van der Waals surface area contributed by atoms with Gasteiger partial charge in [0.25, 0.3) is 5.91 Å². The van der Waals surface area contributed by atoms with Gasteiger partial charge in [0.15, 0.2) is 0 Å². The Labute approximate surface area is 144 Å².